The lowest BCUT2D eigenvalue weighted by Crippen LogP contribution is -2.19. The van der Waals surface area contributed by atoms with Gasteiger partial charge in [-0.05, 0) is 24.3 Å². The average Bonchev–Trinajstić information content (AvgIpc) is 2.08. The largest absolute Gasteiger partial charge is 0.351 e. The zero-order chi connectivity index (χ0) is 9.68. The van der Waals surface area contributed by atoms with Crippen LogP contribution in [-0.4, -0.2) is 12.4 Å². The molecule has 13 heavy (non-hydrogen) atoms. The van der Waals surface area contributed by atoms with Gasteiger partial charge in [-0.25, -0.2) is 4.79 Å². The fraction of sp³-hybridized carbons (Fsp3) is 0. The molecule has 0 saturated carbocycles. The van der Waals surface area contributed by atoms with Crippen LogP contribution in [0.1, 0.15) is 0 Å². The van der Waals surface area contributed by atoms with Crippen LogP contribution in [0, 0.1) is 0 Å². The monoisotopic (exact) mass is 179 g/mol. The van der Waals surface area contributed by atoms with E-state index < -0.39 is 6.03 Å². The molecule has 0 unspecified atom stereocenters. The van der Waals surface area contributed by atoms with Crippen LogP contribution in [0.15, 0.2) is 24.3 Å². The van der Waals surface area contributed by atoms with Gasteiger partial charge in [-0.1, -0.05) is 0 Å². The van der Waals surface area contributed by atoms with E-state index in [0.717, 1.165) is 0 Å². The second-order valence-electron chi connectivity index (χ2n) is 2.33. The Morgan fingerprint density at radius 3 is 2.23 bits per heavy atom. The summed E-state index contributed by atoms with van der Waals surface area (Å²) in [5.41, 5.74) is 6.14. The van der Waals surface area contributed by atoms with E-state index in [9.17, 15) is 9.59 Å². The molecule has 5 nitrogen and oxygen atoms in total. The van der Waals surface area contributed by atoms with E-state index in [1.807, 2.05) is 0 Å². The number of nitrogens with two attached hydrogens (primary N) is 1. The first kappa shape index (κ1) is 9.05. The first-order chi connectivity index (χ1) is 6.22. The molecule has 0 saturated heterocycles. The molecule has 0 heterocycles. The van der Waals surface area contributed by atoms with Gasteiger partial charge in [0.1, 0.15) is 0 Å². The predicted octanol–water partition coefficient (Wildman–Crippen LogP) is 0.746. The molecular weight excluding hydrogens is 170 g/mol. The lowest BCUT2D eigenvalue weighted by Gasteiger charge is -2.02. The van der Waals surface area contributed by atoms with Crippen molar-refractivity contribution in [1.82, 2.24) is 0 Å². The highest BCUT2D eigenvalue weighted by atomic mass is 16.2. The van der Waals surface area contributed by atoms with Crippen molar-refractivity contribution in [3.8, 4) is 0 Å². The molecule has 0 radical (unpaired) electrons. The van der Waals surface area contributed by atoms with Crippen LogP contribution >= 0.6 is 0 Å². The minimum absolute atomic E-state index is 0.580. The Labute approximate surface area is 74.9 Å². The molecule has 0 aliphatic heterocycles. The Kier molecular flexibility index (Phi) is 2.86. The molecule has 1 rings (SSSR count). The van der Waals surface area contributed by atoms with Crippen molar-refractivity contribution in [3.63, 3.8) is 0 Å². The minimum atomic E-state index is -0.615. The number of benzene rings is 1. The van der Waals surface area contributed by atoms with Crippen LogP contribution in [0.2, 0.25) is 0 Å². The molecule has 4 N–H and O–H groups in total. The van der Waals surface area contributed by atoms with Crippen LogP contribution in [-0.2, 0) is 4.79 Å². The van der Waals surface area contributed by atoms with Gasteiger partial charge >= 0.3 is 6.03 Å². The van der Waals surface area contributed by atoms with Gasteiger partial charge in [-0.3, -0.25) is 4.79 Å². The maximum Gasteiger partial charge on any atom is 0.316 e. The number of hydrogen-bond acceptors (Lipinski definition) is 2. The molecule has 0 bridgehead atoms. The number of hydrogen-bond donors (Lipinski definition) is 3. The lowest BCUT2D eigenvalue weighted by molar-refractivity contribution is -0.105. The van der Waals surface area contributed by atoms with E-state index in [1.54, 1.807) is 24.3 Å². The van der Waals surface area contributed by atoms with Gasteiger partial charge in [-0.2, -0.15) is 0 Å². The standard InChI is InChI=1S/C8H9N3O2/c9-8(13)11-7-3-1-6(2-4-7)10-5-12/h1-5H,(H,10,12)(H3,9,11,13). The Morgan fingerprint density at radius 1 is 1.23 bits per heavy atom. The Bertz CT molecular complexity index is 308. The quantitative estimate of drug-likeness (QED) is 0.598. The third kappa shape index (κ3) is 2.82. The van der Waals surface area contributed by atoms with Crippen LogP contribution in [0.4, 0.5) is 16.2 Å². The predicted molar refractivity (Wildman–Crippen MR) is 49.3 cm³/mol. The molecule has 0 spiro atoms. The zero-order valence-corrected chi connectivity index (χ0v) is 6.78. The number of urea groups is 1. The van der Waals surface area contributed by atoms with Crippen LogP contribution in [0.25, 0.3) is 0 Å². The summed E-state index contributed by atoms with van der Waals surface area (Å²) >= 11 is 0. The maximum atomic E-state index is 10.4. The van der Waals surface area contributed by atoms with Crippen molar-refractivity contribution >= 4 is 23.8 Å². The van der Waals surface area contributed by atoms with E-state index in [-0.39, 0.29) is 0 Å². The van der Waals surface area contributed by atoms with Crippen LogP contribution in [0.3, 0.4) is 0 Å². The Hall–Kier alpha value is -2.04. The second kappa shape index (κ2) is 4.10. The summed E-state index contributed by atoms with van der Waals surface area (Å²) in [6.45, 7) is 0. The first-order valence-electron chi connectivity index (χ1n) is 3.59. The van der Waals surface area contributed by atoms with Gasteiger partial charge in [0, 0.05) is 11.4 Å². The number of carbonyl (C=O) groups excluding carboxylic acids is 2. The number of carbonyl (C=O) groups is 2. The van der Waals surface area contributed by atoms with Crippen molar-refractivity contribution < 1.29 is 9.59 Å². The maximum absolute atomic E-state index is 10.4. The lowest BCUT2D eigenvalue weighted by atomic mass is 10.3. The van der Waals surface area contributed by atoms with E-state index in [1.165, 1.54) is 0 Å². The van der Waals surface area contributed by atoms with Gasteiger partial charge in [0.25, 0.3) is 0 Å². The summed E-state index contributed by atoms with van der Waals surface area (Å²) in [6, 6.07) is 5.96. The van der Waals surface area contributed by atoms with Crippen molar-refractivity contribution in [2.45, 2.75) is 0 Å². The van der Waals surface area contributed by atoms with Gasteiger partial charge in [-0.15, -0.1) is 0 Å². The van der Waals surface area contributed by atoms with Crippen LogP contribution < -0.4 is 16.4 Å². The Balaban J connectivity index is 2.69. The number of anilines is 2. The summed E-state index contributed by atoms with van der Waals surface area (Å²) < 4.78 is 0. The molecule has 0 atom stereocenters. The average molecular weight is 179 g/mol. The molecule has 0 aliphatic carbocycles. The minimum Gasteiger partial charge on any atom is -0.351 e. The third-order valence-corrected chi connectivity index (χ3v) is 1.38. The number of primary amides is 1. The second-order valence-corrected chi connectivity index (χ2v) is 2.33. The van der Waals surface area contributed by atoms with E-state index >= 15 is 0 Å². The third-order valence-electron chi connectivity index (χ3n) is 1.38. The molecular formula is C8H9N3O2. The molecule has 0 fully saturated rings. The van der Waals surface area contributed by atoms with E-state index in [2.05, 4.69) is 10.6 Å². The fourth-order valence-corrected chi connectivity index (χ4v) is 0.860. The Morgan fingerprint density at radius 2 is 1.77 bits per heavy atom. The molecule has 68 valence electrons. The highest BCUT2D eigenvalue weighted by molar-refractivity contribution is 5.88. The molecule has 0 aliphatic rings. The summed E-state index contributed by atoms with van der Waals surface area (Å²) in [5.74, 6) is 0. The first-order valence-corrected chi connectivity index (χ1v) is 3.59. The smallest absolute Gasteiger partial charge is 0.316 e. The van der Waals surface area contributed by atoms with Crippen molar-refractivity contribution in [3.05, 3.63) is 24.3 Å². The van der Waals surface area contributed by atoms with Gasteiger partial charge in [0.2, 0.25) is 6.41 Å². The molecule has 1 aromatic rings. The van der Waals surface area contributed by atoms with Crippen molar-refractivity contribution in [1.29, 1.82) is 0 Å². The molecule has 3 amide bonds. The molecule has 1 aromatic carbocycles. The van der Waals surface area contributed by atoms with E-state index in [0.29, 0.717) is 17.8 Å². The number of amides is 3. The van der Waals surface area contributed by atoms with Gasteiger partial charge in [0.05, 0.1) is 0 Å². The number of rotatable bonds is 3. The zero-order valence-electron chi connectivity index (χ0n) is 6.78. The normalized spacial score (nSPS) is 8.92. The molecule has 0 aromatic heterocycles. The highest BCUT2D eigenvalue weighted by Crippen LogP contribution is 2.12. The SMILES string of the molecule is NC(=O)Nc1ccc(NC=O)cc1. The van der Waals surface area contributed by atoms with E-state index in [4.69, 9.17) is 5.73 Å². The topological polar surface area (TPSA) is 84.2 Å². The number of nitrogens with one attached hydrogen (secondary N) is 2. The fourth-order valence-electron chi connectivity index (χ4n) is 0.860. The summed E-state index contributed by atoms with van der Waals surface area (Å²) in [5, 5.41) is 4.86. The van der Waals surface area contributed by atoms with Gasteiger partial charge in [0.15, 0.2) is 0 Å². The summed E-state index contributed by atoms with van der Waals surface area (Å²) in [4.78, 5) is 20.5. The summed E-state index contributed by atoms with van der Waals surface area (Å²) in [6.07, 6.45) is 0.580. The van der Waals surface area contributed by atoms with Crippen LogP contribution in [0.5, 0.6) is 0 Å². The van der Waals surface area contributed by atoms with Crippen molar-refractivity contribution in [2.75, 3.05) is 10.6 Å². The highest BCUT2D eigenvalue weighted by Gasteiger charge is 1.95. The molecule has 5 heteroatoms. The summed E-state index contributed by atoms with van der Waals surface area (Å²) in [7, 11) is 0. The van der Waals surface area contributed by atoms with Crippen molar-refractivity contribution in [2.24, 2.45) is 5.73 Å². The van der Waals surface area contributed by atoms with Gasteiger partial charge < -0.3 is 16.4 Å².